The molecule has 2 aliphatic rings. The third-order valence-electron chi connectivity index (χ3n) is 9.89. The minimum atomic E-state index is -0.204. The van der Waals surface area contributed by atoms with E-state index in [1.54, 1.807) is 0 Å². The van der Waals surface area contributed by atoms with Crippen LogP contribution in [-0.2, 0) is 28.8 Å². The number of pyridine rings is 1. The highest BCUT2D eigenvalue weighted by molar-refractivity contribution is 5.92. The predicted molar refractivity (Wildman–Crippen MR) is 195 cm³/mol. The number of rotatable bonds is 14. The number of methoxy groups -OCH3 is 1. The van der Waals surface area contributed by atoms with E-state index >= 15 is 0 Å². The van der Waals surface area contributed by atoms with Gasteiger partial charge in [0.2, 0.25) is 0 Å². The first kappa shape index (κ1) is 33.9. The van der Waals surface area contributed by atoms with Gasteiger partial charge in [-0.2, -0.15) is 0 Å². The minimum absolute atomic E-state index is 0.204. The topological polar surface area (TPSA) is 58.1 Å². The maximum Gasteiger partial charge on any atom is 0.305 e. The van der Waals surface area contributed by atoms with E-state index in [0.717, 1.165) is 87.5 Å². The molecule has 0 saturated carbocycles. The smallest absolute Gasteiger partial charge is 0.305 e. The molecule has 0 aliphatic carbocycles. The second kappa shape index (κ2) is 17.5. The van der Waals surface area contributed by atoms with E-state index in [-0.39, 0.29) is 5.97 Å². The Hall–Kier alpha value is -3.94. The Morgan fingerprint density at radius 2 is 1.48 bits per heavy atom. The fraction of sp³-hybridized carbons (Fsp3) is 0.463. The molecule has 0 spiro atoms. The Morgan fingerprint density at radius 3 is 2.23 bits per heavy atom. The number of hydrogen-bond donors (Lipinski definition) is 0. The lowest BCUT2D eigenvalue weighted by Crippen LogP contribution is -2.47. The van der Waals surface area contributed by atoms with Crippen molar-refractivity contribution in [2.45, 2.75) is 57.8 Å². The highest BCUT2D eigenvalue weighted by Crippen LogP contribution is 2.30. The van der Waals surface area contributed by atoms with E-state index in [4.69, 9.17) is 14.5 Å². The molecule has 7 nitrogen and oxygen atoms in total. The lowest BCUT2D eigenvalue weighted by molar-refractivity contribution is -0.140. The molecule has 0 radical (unpaired) electrons. The van der Waals surface area contributed by atoms with Gasteiger partial charge in [-0.05, 0) is 92.2 Å². The van der Waals surface area contributed by atoms with E-state index in [2.05, 4.69) is 93.6 Å². The normalized spacial score (nSPS) is 16.1. The van der Waals surface area contributed by atoms with Crippen molar-refractivity contribution in [1.82, 2.24) is 14.8 Å². The maximum absolute atomic E-state index is 11.8. The van der Waals surface area contributed by atoms with Gasteiger partial charge in [-0.1, -0.05) is 61.4 Å². The number of piperazine rings is 1. The van der Waals surface area contributed by atoms with Crippen LogP contribution >= 0.6 is 0 Å². The van der Waals surface area contributed by atoms with Gasteiger partial charge in [0, 0.05) is 56.8 Å². The highest BCUT2D eigenvalue weighted by Gasteiger charge is 2.21. The van der Waals surface area contributed by atoms with E-state index in [9.17, 15) is 4.79 Å². The van der Waals surface area contributed by atoms with Crippen molar-refractivity contribution in [3.63, 3.8) is 0 Å². The third kappa shape index (κ3) is 9.80. The molecule has 0 amide bonds. The van der Waals surface area contributed by atoms with Gasteiger partial charge >= 0.3 is 5.97 Å². The van der Waals surface area contributed by atoms with Crippen LogP contribution in [0, 0.1) is 0 Å². The number of carbonyl (C=O) groups excluding carboxylic acids is 1. The monoisotopic (exact) mass is 648 g/mol. The summed E-state index contributed by atoms with van der Waals surface area (Å²) >= 11 is 0. The van der Waals surface area contributed by atoms with Gasteiger partial charge < -0.3 is 19.3 Å². The Balaban J connectivity index is 1.03. The lowest BCUT2D eigenvalue weighted by Gasteiger charge is -2.36. The van der Waals surface area contributed by atoms with E-state index in [1.165, 1.54) is 68.3 Å². The summed E-state index contributed by atoms with van der Waals surface area (Å²) in [6.45, 7) is 9.44. The van der Waals surface area contributed by atoms with Crippen LogP contribution in [0.5, 0.6) is 5.75 Å². The number of aromatic nitrogens is 1. The van der Waals surface area contributed by atoms with Crippen molar-refractivity contribution in [3.8, 4) is 5.75 Å². The van der Waals surface area contributed by atoms with Gasteiger partial charge in [-0.25, -0.2) is 0 Å². The number of esters is 1. The molecule has 3 heterocycles. The van der Waals surface area contributed by atoms with Crippen molar-refractivity contribution in [3.05, 3.63) is 101 Å². The summed E-state index contributed by atoms with van der Waals surface area (Å²) in [5, 5.41) is 1.15. The summed E-state index contributed by atoms with van der Waals surface area (Å²) in [4.78, 5) is 24.6. The highest BCUT2D eigenvalue weighted by atomic mass is 16.5. The predicted octanol–water partition coefficient (Wildman–Crippen LogP) is 6.94. The van der Waals surface area contributed by atoms with Gasteiger partial charge in [0.15, 0.2) is 0 Å². The quantitative estimate of drug-likeness (QED) is 0.108. The molecule has 4 aromatic rings. The maximum atomic E-state index is 11.8. The van der Waals surface area contributed by atoms with Crippen molar-refractivity contribution >= 4 is 22.6 Å². The third-order valence-corrected chi connectivity index (χ3v) is 9.89. The van der Waals surface area contributed by atoms with Gasteiger partial charge in [0.05, 0.1) is 31.3 Å². The SMILES string of the molecule is COC(=O)CCc1ccc2cc(Cc3ccccc3)cc(N3CCN(CCc4ccc(OCCCN5CCCCCC5)cc4)CC3)c2n1. The van der Waals surface area contributed by atoms with Gasteiger partial charge in [0.1, 0.15) is 5.75 Å². The van der Waals surface area contributed by atoms with Crippen LogP contribution in [0.15, 0.2) is 78.9 Å². The fourth-order valence-corrected chi connectivity index (χ4v) is 7.05. The summed E-state index contributed by atoms with van der Waals surface area (Å²) in [6.07, 6.45) is 9.39. The van der Waals surface area contributed by atoms with Crippen molar-refractivity contribution in [2.24, 2.45) is 0 Å². The number of fused-ring (bicyclic) bond motifs is 1. The van der Waals surface area contributed by atoms with Gasteiger partial charge in [-0.15, -0.1) is 0 Å². The zero-order valence-electron chi connectivity index (χ0n) is 28.7. The minimum Gasteiger partial charge on any atom is -0.494 e. The first-order valence-corrected chi connectivity index (χ1v) is 18.1. The number of likely N-dealkylation sites (tertiary alicyclic amines) is 1. The van der Waals surface area contributed by atoms with E-state index < -0.39 is 0 Å². The molecule has 254 valence electrons. The molecule has 1 aromatic heterocycles. The fourth-order valence-electron chi connectivity index (χ4n) is 7.05. The number of nitrogens with zero attached hydrogens (tertiary/aromatic N) is 4. The average molecular weight is 649 g/mol. The summed E-state index contributed by atoms with van der Waals surface area (Å²) in [5.41, 5.74) is 7.09. The molecule has 2 fully saturated rings. The Labute approximate surface area is 286 Å². The van der Waals surface area contributed by atoms with Crippen LogP contribution in [0.2, 0.25) is 0 Å². The molecule has 6 rings (SSSR count). The number of carbonyl (C=O) groups is 1. The number of benzene rings is 3. The second-order valence-corrected chi connectivity index (χ2v) is 13.4. The number of hydrogen-bond acceptors (Lipinski definition) is 7. The summed E-state index contributed by atoms with van der Waals surface area (Å²) in [5.74, 6) is 0.775. The van der Waals surface area contributed by atoms with Gasteiger partial charge in [0.25, 0.3) is 0 Å². The molecule has 0 atom stereocenters. The first-order valence-electron chi connectivity index (χ1n) is 18.1. The van der Waals surface area contributed by atoms with Crippen molar-refractivity contribution < 1.29 is 14.3 Å². The summed E-state index contributed by atoms with van der Waals surface area (Å²) < 4.78 is 10.9. The average Bonchev–Trinajstić information content (AvgIpc) is 3.41. The first-order chi connectivity index (χ1) is 23.6. The summed E-state index contributed by atoms with van der Waals surface area (Å²) in [7, 11) is 1.44. The van der Waals surface area contributed by atoms with Crippen LogP contribution < -0.4 is 9.64 Å². The largest absolute Gasteiger partial charge is 0.494 e. The van der Waals surface area contributed by atoms with Crippen LogP contribution in [0.3, 0.4) is 0 Å². The van der Waals surface area contributed by atoms with Crippen LogP contribution in [0.4, 0.5) is 5.69 Å². The molecule has 0 bridgehead atoms. The van der Waals surface area contributed by atoms with E-state index in [1.807, 2.05) is 0 Å². The van der Waals surface area contributed by atoms with Gasteiger partial charge in [-0.3, -0.25) is 14.7 Å². The molecule has 3 aromatic carbocycles. The molecule has 0 N–H and O–H groups in total. The van der Waals surface area contributed by atoms with Crippen molar-refractivity contribution in [2.75, 3.05) is 71.0 Å². The molecule has 2 aliphatic heterocycles. The zero-order chi connectivity index (χ0) is 33.0. The molecule has 0 unspecified atom stereocenters. The molecule has 7 heteroatoms. The Bertz CT molecular complexity index is 1580. The second-order valence-electron chi connectivity index (χ2n) is 13.4. The lowest BCUT2D eigenvalue weighted by atomic mass is 10.0. The standard InChI is InChI=1S/C41H52N4O3/c1-47-40(46)19-16-37-15-14-36-31-35(30-34-10-5-4-6-11-34)32-39(41(36)42-37)45-27-25-44(26-28-45)24-20-33-12-17-38(18-13-33)48-29-9-23-43-21-7-2-3-8-22-43/h4-6,10-15,17-18,31-32H,2-3,7-9,16,19-30H2,1H3. The molecular formula is C41H52N4O3. The molecular weight excluding hydrogens is 596 g/mol. The van der Waals surface area contributed by atoms with E-state index in [0.29, 0.717) is 12.8 Å². The summed E-state index contributed by atoms with van der Waals surface area (Å²) in [6, 6.07) is 28.2. The number of anilines is 1. The van der Waals surface area contributed by atoms with Crippen molar-refractivity contribution in [1.29, 1.82) is 0 Å². The number of aryl methyl sites for hydroxylation is 1. The Morgan fingerprint density at radius 1 is 0.729 bits per heavy atom. The Kier molecular flexibility index (Phi) is 12.3. The zero-order valence-corrected chi connectivity index (χ0v) is 28.7. The van der Waals surface area contributed by atoms with Crippen LogP contribution in [-0.4, -0.2) is 86.8 Å². The molecule has 48 heavy (non-hydrogen) atoms. The van der Waals surface area contributed by atoms with Crippen LogP contribution in [0.25, 0.3) is 10.9 Å². The van der Waals surface area contributed by atoms with Crippen LogP contribution in [0.1, 0.15) is 60.9 Å². The number of ether oxygens (including phenoxy) is 2. The molecule has 2 saturated heterocycles.